The van der Waals surface area contributed by atoms with Gasteiger partial charge in [-0.1, -0.05) is 49.9 Å². The first-order chi connectivity index (χ1) is 11.9. The van der Waals surface area contributed by atoms with Crippen molar-refractivity contribution in [2.45, 2.75) is 38.8 Å². The molecule has 0 aliphatic rings. The van der Waals surface area contributed by atoms with Crippen LogP contribution in [0.25, 0.3) is 10.8 Å². The summed E-state index contributed by atoms with van der Waals surface area (Å²) < 4.78 is 5.66. The second-order valence-electron chi connectivity index (χ2n) is 6.01. The number of thioether (sulfide) groups is 1. The average molecular weight is 374 g/mol. The minimum atomic E-state index is 0.0462. The van der Waals surface area contributed by atoms with E-state index in [9.17, 15) is 4.79 Å². The first kappa shape index (κ1) is 17.8. The summed E-state index contributed by atoms with van der Waals surface area (Å²) in [6.45, 7) is 8.12. The number of ketones is 1. The number of hydrogen-bond acceptors (Lipinski definition) is 7. The fourth-order valence-electron chi connectivity index (χ4n) is 2.35. The van der Waals surface area contributed by atoms with Crippen LogP contribution in [0.3, 0.4) is 0 Å². The second kappa shape index (κ2) is 7.49. The quantitative estimate of drug-likeness (QED) is 0.452. The molecule has 0 N–H and O–H groups in total. The van der Waals surface area contributed by atoms with Gasteiger partial charge in [-0.2, -0.15) is 0 Å². The predicted octanol–water partition coefficient (Wildman–Crippen LogP) is 4.91. The van der Waals surface area contributed by atoms with Crippen LogP contribution < -0.4 is 0 Å². The molecule has 1 aromatic carbocycles. The third-order valence-corrected chi connectivity index (χ3v) is 5.61. The normalized spacial score (nSPS) is 11.2. The number of aryl methyl sites for hydroxylation is 2. The Morgan fingerprint density at radius 1 is 1.20 bits per heavy atom. The van der Waals surface area contributed by atoms with Gasteiger partial charge in [0.25, 0.3) is 11.1 Å². The van der Waals surface area contributed by atoms with Gasteiger partial charge in [0.2, 0.25) is 0 Å². The Hall–Kier alpha value is -1.99. The predicted molar refractivity (Wildman–Crippen MR) is 100 cm³/mol. The van der Waals surface area contributed by atoms with Crippen molar-refractivity contribution in [1.29, 1.82) is 0 Å². The van der Waals surface area contributed by atoms with Gasteiger partial charge in [-0.15, -0.1) is 21.5 Å². The molecule has 0 bridgehead atoms. The lowest BCUT2D eigenvalue weighted by atomic mass is 10.0. The number of benzene rings is 1. The van der Waals surface area contributed by atoms with Crippen molar-refractivity contribution < 1.29 is 9.21 Å². The number of rotatable bonds is 6. The molecule has 0 unspecified atom stereocenters. The van der Waals surface area contributed by atoms with Crippen LogP contribution in [0.5, 0.6) is 0 Å². The van der Waals surface area contributed by atoms with E-state index in [1.165, 1.54) is 28.7 Å². The first-order valence-electron chi connectivity index (χ1n) is 7.98. The molecule has 0 aliphatic heterocycles. The first-order valence-corrected chi connectivity index (χ1v) is 9.78. The van der Waals surface area contributed by atoms with E-state index < -0.39 is 0 Å². The Morgan fingerprint density at radius 2 is 1.92 bits per heavy atom. The number of Topliss-reactive ketones (excluding diaryl/α,β-unsaturated/α-hetero) is 1. The standard InChI is InChI=1S/C18H19N3O2S2/c1-10(2)13-5-7-14(8-6-13)15(22)9-24-18-21-20-17(23-18)16-11(3)19-12(4)25-16/h5-8,10H,9H2,1-4H3. The maximum Gasteiger partial charge on any atom is 0.277 e. The van der Waals surface area contributed by atoms with E-state index >= 15 is 0 Å². The van der Waals surface area contributed by atoms with Crippen molar-refractivity contribution >= 4 is 28.9 Å². The fraction of sp³-hybridized carbons (Fsp3) is 0.333. The van der Waals surface area contributed by atoms with Crippen LogP contribution in [-0.4, -0.2) is 26.7 Å². The van der Waals surface area contributed by atoms with Crippen molar-refractivity contribution in [1.82, 2.24) is 15.2 Å². The molecule has 0 atom stereocenters. The molecule has 0 radical (unpaired) electrons. The summed E-state index contributed by atoms with van der Waals surface area (Å²) in [6.07, 6.45) is 0. The molecule has 5 nitrogen and oxygen atoms in total. The number of carbonyl (C=O) groups excluding carboxylic acids is 1. The minimum Gasteiger partial charge on any atom is -0.410 e. The molecule has 2 heterocycles. The van der Waals surface area contributed by atoms with Gasteiger partial charge in [-0.05, 0) is 25.3 Å². The zero-order valence-electron chi connectivity index (χ0n) is 14.6. The lowest BCUT2D eigenvalue weighted by Crippen LogP contribution is -2.02. The maximum atomic E-state index is 12.3. The Morgan fingerprint density at radius 3 is 2.52 bits per heavy atom. The van der Waals surface area contributed by atoms with Gasteiger partial charge in [0.1, 0.15) is 4.88 Å². The lowest BCUT2D eigenvalue weighted by molar-refractivity contribution is 0.102. The highest BCUT2D eigenvalue weighted by Gasteiger charge is 2.16. The number of aromatic nitrogens is 3. The van der Waals surface area contributed by atoms with Gasteiger partial charge >= 0.3 is 0 Å². The molecular formula is C18H19N3O2S2. The average Bonchev–Trinajstić information content (AvgIpc) is 3.18. The molecule has 0 saturated carbocycles. The van der Waals surface area contributed by atoms with Gasteiger partial charge in [0.15, 0.2) is 5.78 Å². The van der Waals surface area contributed by atoms with Crippen LogP contribution in [0.1, 0.15) is 46.4 Å². The van der Waals surface area contributed by atoms with Crippen molar-refractivity contribution in [3.8, 4) is 10.8 Å². The molecule has 3 aromatic rings. The number of thiazole rings is 1. The number of nitrogens with zero attached hydrogens (tertiary/aromatic N) is 3. The summed E-state index contributed by atoms with van der Waals surface area (Å²) in [5.41, 5.74) is 2.80. The van der Waals surface area contributed by atoms with E-state index in [0.29, 0.717) is 22.6 Å². The summed E-state index contributed by atoms with van der Waals surface area (Å²) >= 11 is 2.78. The van der Waals surface area contributed by atoms with Crippen LogP contribution in [-0.2, 0) is 0 Å². The zero-order valence-corrected chi connectivity index (χ0v) is 16.2. The molecule has 0 spiro atoms. The molecule has 3 rings (SSSR count). The molecule has 0 fully saturated rings. The Labute approximate surface area is 154 Å². The number of carbonyl (C=O) groups is 1. The lowest BCUT2D eigenvalue weighted by Gasteiger charge is -2.05. The molecule has 2 aromatic heterocycles. The summed E-state index contributed by atoms with van der Waals surface area (Å²) in [5.74, 6) is 1.22. The third kappa shape index (κ3) is 4.16. The Bertz CT molecular complexity index is 882. The van der Waals surface area contributed by atoms with Crippen LogP contribution in [0.2, 0.25) is 0 Å². The molecule has 0 saturated heterocycles. The van der Waals surface area contributed by atoms with E-state index in [4.69, 9.17) is 4.42 Å². The van der Waals surface area contributed by atoms with Gasteiger partial charge < -0.3 is 4.42 Å². The Kier molecular flexibility index (Phi) is 5.34. The van der Waals surface area contributed by atoms with Gasteiger partial charge in [-0.3, -0.25) is 4.79 Å². The monoisotopic (exact) mass is 373 g/mol. The van der Waals surface area contributed by atoms with E-state index in [1.54, 1.807) is 0 Å². The molecular weight excluding hydrogens is 354 g/mol. The minimum absolute atomic E-state index is 0.0462. The number of hydrogen-bond donors (Lipinski definition) is 0. The molecule has 25 heavy (non-hydrogen) atoms. The van der Waals surface area contributed by atoms with E-state index in [1.807, 2.05) is 38.1 Å². The highest BCUT2D eigenvalue weighted by atomic mass is 32.2. The molecule has 7 heteroatoms. The van der Waals surface area contributed by atoms with Crippen LogP contribution in [0, 0.1) is 13.8 Å². The van der Waals surface area contributed by atoms with Gasteiger partial charge in [-0.25, -0.2) is 4.98 Å². The van der Waals surface area contributed by atoms with Gasteiger partial charge in [0, 0.05) is 5.56 Å². The SMILES string of the molecule is Cc1nc(C)c(-c2nnc(SCC(=O)c3ccc(C(C)C)cc3)o2)s1. The maximum absolute atomic E-state index is 12.3. The van der Waals surface area contributed by atoms with E-state index in [-0.39, 0.29) is 11.5 Å². The van der Waals surface area contributed by atoms with E-state index in [2.05, 4.69) is 29.0 Å². The van der Waals surface area contributed by atoms with Crippen LogP contribution in [0.15, 0.2) is 33.9 Å². The summed E-state index contributed by atoms with van der Waals surface area (Å²) in [6, 6.07) is 7.76. The van der Waals surface area contributed by atoms with Crippen molar-refractivity contribution in [2.75, 3.05) is 5.75 Å². The molecule has 130 valence electrons. The topological polar surface area (TPSA) is 68.9 Å². The highest BCUT2D eigenvalue weighted by Crippen LogP contribution is 2.30. The zero-order chi connectivity index (χ0) is 18.0. The third-order valence-electron chi connectivity index (χ3n) is 3.73. The van der Waals surface area contributed by atoms with Crippen LogP contribution >= 0.6 is 23.1 Å². The highest BCUT2D eigenvalue weighted by molar-refractivity contribution is 7.99. The van der Waals surface area contributed by atoms with E-state index in [0.717, 1.165) is 15.6 Å². The fourth-order valence-corrected chi connectivity index (χ4v) is 3.85. The second-order valence-corrected chi connectivity index (χ2v) is 8.14. The summed E-state index contributed by atoms with van der Waals surface area (Å²) in [5, 5.41) is 9.44. The smallest absolute Gasteiger partial charge is 0.277 e. The summed E-state index contributed by atoms with van der Waals surface area (Å²) in [7, 11) is 0. The van der Waals surface area contributed by atoms with Crippen molar-refractivity contribution in [3.63, 3.8) is 0 Å². The Balaban J connectivity index is 1.64. The van der Waals surface area contributed by atoms with Gasteiger partial charge in [0.05, 0.1) is 16.5 Å². The largest absolute Gasteiger partial charge is 0.410 e. The van der Waals surface area contributed by atoms with Crippen molar-refractivity contribution in [2.24, 2.45) is 0 Å². The molecule has 0 aliphatic carbocycles. The summed E-state index contributed by atoms with van der Waals surface area (Å²) in [4.78, 5) is 17.6. The van der Waals surface area contributed by atoms with Crippen molar-refractivity contribution in [3.05, 3.63) is 46.1 Å². The molecule has 0 amide bonds. The van der Waals surface area contributed by atoms with Crippen LogP contribution in [0.4, 0.5) is 0 Å².